The number of anilines is 1. The van der Waals surface area contributed by atoms with Crippen molar-refractivity contribution in [1.29, 1.82) is 0 Å². The highest BCUT2D eigenvalue weighted by atomic mass is 16.5. The molecule has 0 radical (unpaired) electrons. The van der Waals surface area contributed by atoms with E-state index in [4.69, 9.17) is 9.47 Å². The fourth-order valence-electron chi connectivity index (χ4n) is 3.22. The lowest BCUT2D eigenvalue weighted by Gasteiger charge is -2.14. The van der Waals surface area contributed by atoms with Crippen molar-refractivity contribution in [3.05, 3.63) is 41.5 Å². The van der Waals surface area contributed by atoms with Crippen LogP contribution in [0, 0.1) is 13.8 Å². The van der Waals surface area contributed by atoms with Crippen molar-refractivity contribution >= 4 is 17.4 Å². The van der Waals surface area contributed by atoms with Gasteiger partial charge in [-0.1, -0.05) is 13.8 Å². The normalized spacial score (nSPS) is 10.9. The average molecular weight is 412 g/mol. The Bertz CT molecular complexity index is 1020. The van der Waals surface area contributed by atoms with Crippen molar-refractivity contribution in [2.75, 3.05) is 18.5 Å². The summed E-state index contributed by atoms with van der Waals surface area (Å²) in [5.74, 6) is 1.84. The zero-order valence-electron chi connectivity index (χ0n) is 18.1. The summed E-state index contributed by atoms with van der Waals surface area (Å²) in [6.45, 7) is 9.22. The Labute approximate surface area is 176 Å². The van der Waals surface area contributed by atoms with Crippen LogP contribution in [0.4, 0.5) is 5.69 Å². The highest BCUT2D eigenvalue weighted by molar-refractivity contribution is 5.91. The van der Waals surface area contributed by atoms with E-state index in [0.29, 0.717) is 49.0 Å². The minimum absolute atomic E-state index is 0.0730. The van der Waals surface area contributed by atoms with Gasteiger partial charge in [0.1, 0.15) is 6.33 Å². The number of aryl methyl sites for hydroxylation is 2. The number of carbonyl (C=O) groups excluding carboxylic acids is 1. The summed E-state index contributed by atoms with van der Waals surface area (Å²) < 4.78 is 13.2. The fraction of sp³-hybridized carbons (Fsp3) is 0.455. The number of aromatic nitrogens is 4. The summed E-state index contributed by atoms with van der Waals surface area (Å²) in [5.41, 5.74) is 3.52. The van der Waals surface area contributed by atoms with Crippen molar-refractivity contribution in [3.63, 3.8) is 0 Å². The highest BCUT2D eigenvalue weighted by Gasteiger charge is 2.14. The summed E-state index contributed by atoms with van der Waals surface area (Å²) in [5, 5.41) is 7.15. The van der Waals surface area contributed by atoms with E-state index in [1.807, 2.05) is 39.0 Å². The minimum Gasteiger partial charge on any atom is -0.490 e. The molecule has 3 aromatic rings. The molecule has 0 aliphatic heterocycles. The molecule has 1 N–H and O–H groups in total. The number of nitrogens with one attached hydrogen (secondary N) is 1. The van der Waals surface area contributed by atoms with Crippen molar-refractivity contribution < 1.29 is 14.3 Å². The van der Waals surface area contributed by atoms with Gasteiger partial charge in [-0.25, -0.2) is 9.50 Å². The molecule has 0 spiro atoms. The number of nitrogens with zero attached hydrogens (tertiary/aromatic N) is 4. The Hall–Kier alpha value is -3.16. The molecule has 0 fully saturated rings. The fourth-order valence-corrected chi connectivity index (χ4v) is 3.22. The number of benzene rings is 1. The molecule has 8 heteroatoms. The van der Waals surface area contributed by atoms with Crippen LogP contribution in [0.5, 0.6) is 11.5 Å². The molecule has 0 aliphatic rings. The van der Waals surface area contributed by atoms with Crippen LogP contribution in [0.25, 0.3) is 5.78 Å². The summed E-state index contributed by atoms with van der Waals surface area (Å²) in [6, 6.07) is 5.49. The van der Waals surface area contributed by atoms with E-state index in [1.54, 1.807) is 4.52 Å². The van der Waals surface area contributed by atoms with Gasteiger partial charge in [0.25, 0.3) is 5.78 Å². The quantitative estimate of drug-likeness (QED) is 0.544. The summed E-state index contributed by atoms with van der Waals surface area (Å²) in [6.07, 6.45) is 4.20. The van der Waals surface area contributed by atoms with Gasteiger partial charge in [0.15, 0.2) is 11.5 Å². The van der Waals surface area contributed by atoms with Gasteiger partial charge in [0.05, 0.1) is 13.2 Å². The number of rotatable bonds is 10. The van der Waals surface area contributed by atoms with E-state index in [0.717, 1.165) is 29.8 Å². The average Bonchev–Trinajstić information content (AvgIpc) is 3.20. The predicted octanol–water partition coefficient (Wildman–Crippen LogP) is 3.89. The van der Waals surface area contributed by atoms with Crippen molar-refractivity contribution in [3.8, 4) is 11.5 Å². The largest absolute Gasteiger partial charge is 0.490 e. The molecule has 30 heavy (non-hydrogen) atoms. The van der Waals surface area contributed by atoms with Crippen LogP contribution >= 0.6 is 0 Å². The minimum atomic E-state index is -0.0730. The van der Waals surface area contributed by atoms with Gasteiger partial charge < -0.3 is 14.8 Å². The molecule has 0 aliphatic carbocycles. The molecule has 3 rings (SSSR count). The van der Waals surface area contributed by atoms with Crippen molar-refractivity contribution in [2.24, 2.45) is 0 Å². The van der Waals surface area contributed by atoms with Gasteiger partial charge >= 0.3 is 0 Å². The lowest BCUT2D eigenvalue weighted by Crippen LogP contribution is -2.14. The van der Waals surface area contributed by atoms with Crippen LogP contribution in [-0.2, 0) is 11.2 Å². The zero-order chi connectivity index (χ0) is 21.5. The van der Waals surface area contributed by atoms with Crippen LogP contribution in [0.1, 0.15) is 50.1 Å². The molecule has 0 saturated heterocycles. The van der Waals surface area contributed by atoms with Crippen LogP contribution in [0.15, 0.2) is 24.5 Å². The Morgan fingerprint density at radius 1 is 1.10 bits per heavy atom. The van der Waals surface area contributed by atoms with E-state index >= 15 is 0 Å². The van der Waals surface area contributed by atoms with Crippen LogP contribution in [0.2, 0.25) is 0 Å². The highest BCUT2D eigenvalue weighted by Crippen LogP contribution is 2.31. The summed E-state index contributed by atoms with van der Waals surface area (Å²) >= 11 is 0. The molecule has 1 aromatic carbocycles. The number of ether oxygens (including phenoxy) is 2. The Kier molecular flexibility index (Phi) is 7.21. The summed E-state index contributed by atoms with van der Waals surface area (Å²) in [4.78, 5) is 21.2. The molecular formula is C22H29N5O3. The maximum atomic E-state index is 12.6. The third kappa shape index (κ3) is 5.06. The lowest BCUT2D eigenvalue weighted by atomic mass is 10.1. The molecule has 2 aromatic heterocycles. The van der Waals surface area contributed by atoms with E-state index in [1.165, 1.54) is 6.33 Å². The van der Waals surface area contributed by atoms with E-state index in [2.05, 4.69) is 27.3 Å². The monoisotopic (exact) mass is 411 g/mol. The molecule has 8 nitrogen and oxygen atoms in total. The molecule has 0 unspecified atom stereocenters. The second-order valence-electron chi connectivity index (χ2n) is 7.14. The third-order valence-electron chi connectivity index (χ3n) is 4.74. The molecular weight excluding hydrogens is 382 g/mol. The third-order valence-corrected chi connectivity index (χ3v) is 4.74. The molecule has 1 amide bonds. The lowest BCUT2D eigenvalue weighted by molar-refractivity contribution is -0.116. The maximum absolute atomic E-state index is 12.6. The second-order valence-corrected chi connectivity index (χ2v) is 7.14. The standard InChI is InChI=1S/C22H29N5O3/c1-5-11-29-19-9-7-17(13-20(19)30-12-6-2)26-21(28)10-8-18-15(3)25-22-23-14-24-27(22)16(18)4/h7,9,13-14H,5-6,8,10-12H2,1-4H3,(H,26,28). The van der Waals surface area contributed by atoms with E-state index in [-0.39, 0.29) is 5.91 Å². The second kappa shape index (κ2) is 10.0. The van der Waals surface area contributed by atoms with Gasteiger partial charge in [0.2, 0.25) is 5.91 Å². The Morgan fingerprint density at radius 2 is 1.83 bits per heavy atom. The van der Waals surface area contributed by atoms with Crippen LogP contribution in [0.3, 0.4) is 0 Å². The number of hydrogen-bond donors (Lipinski definition) is 1. The van der Waals surface area contributed by atoms with Gasteiger partial charge in [0, 0.05) is 29.6 Å². The zero-order valence-corrected chi connectivity index (χ0v) is 18.1. The number of fused-ring (bicyclic) bond motifs is 1. The van der Waals surface area contributed by atoms with Crippen molar-refractivity contribution in [1.82, 2.24) is 19.6 Å². The maximum Gasteiger partial charge on any atom is 0.252 e. The number of carbonyl (C=O) groups is 1. The molecule has 0 atom stereocenters. The SMILES string of the molecule is CCCOc1ccc(NC(=O)CCc2c(C)nc3ncnn3c2C)cc1OCCC. The van der Waals surface area contributed by atoms with E-state index < -0.39 is 0 Å². The van der Waals surface area contributed by atoms with Gasteiger partial charge in [-0.2, -0.15) is 10.1 Å². The van der Waals surface area contributed by atoms with Crippen LogP contribution < -0.4 is 14.8 Å². The number of hydrogen-bond acceptors (Lipinski definition) is 6. The topological polar surface area (TPSA) is 90.6 Å². The molecule has 0 bridgehead atoms. The molecule has 160 valence electrons. The summed E-state index contributed by atoms with van der Waals surface area (Å²) in [7, 11) is 0. The first kappa shape index (κ1) is 21.5. The smallest absolute Gasteiger partial charge is 0.252 e. The molecule has 0 saturated carbocycles. The van der Waals surface area contributed by atoms with Gasteiger partial charge in [-0.05, 0) is 50.8 Å². The van der Waals surface area contributed by atoms with Crippen LogP contribution in [-0.4, -0.2) is 38.7 Å². The van der Waals surface area contributed by atoms with Gasteiger partial charge in [-0.15, -0.1) is 0 Å². The Morgan fingerprint density at radius 3 is 2.57 bits per heavy atom. The van der Waals surface area contributed by atoms with Crippen molar-refractivity contribution in [2.45, 2.75) is 53.4 Å². The molecule has 2 heterocycles. The predicted molar refractivity (Wildman–Crippen MR) is 115 cm³/mol. The first-order valence-electron chi connectivity index (χ1n) is 10.4. The Balaban J connectivity index is 1.67. The first-order chi connectivity index (χ1) is 14.5. The van der Waals surface area contributed by atoms with Gasteiger partial charge in [-0.3, -0.25) is 4.79 Å². The first-order valence-corrected chi connectivity index (χ1v) is 10.4. The van der Waals surface area contributed by atoms with E-state index in [9.17, 15) is 4.79 Å². The number of amides is 1.